The number of ether oxygens (including phenoxy) is 3. The van der Waals surface area contributed by atoms with Crippen LogP contribution in [0.5, 0.6) is 23.1 Å². The van der Waals surface area contributed by atoms with Gasteiger partial charge in [-0.2, -0.15) is 5.10 Å². The van der Waals surface area contributed by atoms with Crippen molar-refractivity contribution in [3.63, 3.8) is 0 Å². The highest BCUT2D eigenvalue weighted by molar-refractivity contribution is 6.02. The van der Waals surface area contributed by atoms with Gasteiger partial charge in [0.2, 0.25) is 11.8 Å². The zero-order chi connectivity index (χ0) is 27.5. The second kappa shape index (κ2) is 13.6. The smallest absolute Gasteiger partial charge is 0.251 e. The van der Waals surface area contributed by atoms with Crippen molar-refractivity contribution in [1.29, 1.82) is 0 Å². The fraction of sp³-hybridized carbons (Fsp3) is 0.286. The highest BCUT2D eigenvalue weighted by Crippen LogP contribution is 2.44. The molecule has 0 spiro atoms. The lowest BCUT2D eigenvalue weighted by atomic mass is 9.96. The lowest BCUT2D eigenvalue weighted by Crippen LogP contribution is -2.28. The summed E-state index contributed by atoms with van der Waals surface area (Å²) >= 11 is 0. The number of pyridine rings is 1. The van der Waals surface area contributed by atoms with Gasteiger partial charge in [0.1, 0.15) is 29.4 Å². The average molecular weight is 521 g/mol. The molecule has 3 rings (SSSR count). The molecule has 0 saturated heterocycles. The molecule has 0 radical (unpaired) electrons. The first-order valence-corrected chi connectivity index (χ1v) is 12.1. The van der Waals surface area contributed by atoms with Gasteiger partial charge in [0.15, 0.2) is 0 Å². The van der Waals surface area contributed by atoms with Crippen molar-refractivity contribution in [2.45, 2.75) is 26.2 Å². The van der Waals surface area contributed by atoms with Gasteiger partial charge in [-0.1, -0.05) is 31.5 Å². The molecule has 38 heavy (non-hydrogen) atoms. The third kappa shape index (κ3) is 6.58. The van der Waals surface area contributed by atoms with Crippen molar-refractivity contribution in [1.82, 2.24) is 10.3 Å². The van der Waals surface area contributed by atoms with Gasteiger partial charge in [-0.3, -0.25) is 4.79 Å². The predicted octanol–water partition coefficient (Wildman–Crippen LogP) is 4.33. The van der Waals surface area contributed by atoms with Gasteiger partial charge in [0.25, 0.3) is 5.91 Å². The van der Waals surface area contributed by atoms with Crippen LogP contribution in [-0.4, -0.2) is 61.1 Å². The number of aryl methyl sites for hydroxylation is 1. The van der Waals surface area contributed by atoms with E-state index in [0.717, 1.165) is 12.8 Å². The van der Waals surface area contributed by atoms with Crippen LogP contribution in [0.4, 0.5) is 0 Å². The Bertz CT molecular complexity index is 1290. The van der Waals surface area contributed by atoms with E-state index >= 15 is 0 Å². The molecule has 10 heteroatoms. The van der Waals surface area contributed by atoms with Gasteiger partial charge in [-0.05, 0) is 43.2 Å². The first-order chi connectivity index (χ1) is 18.4. The quantitative estimate of drug-likeness (QED) is 0.140. The number of unbranched alkanes of at least 4 members (excludes halogenated alkanes) is 1. The lowest BCUT2D eigenvalue weighted by Gasteiger charge is -2.19. The summed E-state index contributed by atoms with van der Waals surface area (Å²) in [6.45, 7) is 5.50. The molecule has 0 unspecified atom stereocenters. The molecule has 2 aromatic carbocycles. The van der Waals surface area contributed by atoms with Crippen molar-refractivity contribution < 1.29 is 29.2 Å². The maximum Gasteiger partial charge on any atom is 0.251 e. The molecule has 0 saturated carbocycles. The maximum atomic E-state index is 12.3. The molecular weight excluding hydrogens is 488 g/mol. The van der Waals surface area contributed by atoms with E-state index in [0.29, 0.717) is 40.3 Å². The molecule has 10 nitrogen and oxygen atoms in total. The Labute approximate surface area is 221 Å². The van der Waals surface area contributed by atoms with E-state index in [4.69, 9.17) is 14.2 Å². The Kier molecular flexibility index (Phi) is 10.0. The summed E-state index contributed by atoms with van der Waals surface area (Å²) in [7, 11) is 3.05. The standard InChI is InChI=1S/C28H32N4O6/c1-5-6-12-21-23(20-17-19(36-3)13-14-22(20)37-4)25(33)24(27(35)31-21)28(32-29-2)38-16-15-30-26(34)18-10-8-7-9-11-18/h7-11,13-14,17H,2,5-6,12,15-16H2,1,3-4H3,(H,30,34)(H2,31,33,35)/b32-28-. The van der Waals surface area contributed by atoms with E-state index in [1.54, 1.807) is 42.5 Å². The lowest BCUT2D eigenvalue weighted by molar-refractivity contribution is 0.0946. The molecule has 0 aliphatic heterocycles. The number of aromatic nitrogens is 1. The summed E-state index contributed by atoms with van der Waals surface area (Å²) < 4.78 is 16.6. The fourth-order valence-corrected chi connectivity index (χ4v) is 3.84. The summed E-state index contributed by atoms with van der Waals surface area (Å²) in [5.41, 5.74) is 1.68. The number of nitrogens with one attached hydrogen (secondary N) is 1. The number of carbonyl (C=O) groups is 1. The Balaban J connectivity index is 1.97. The van der Waals surface area contributed by atoms with Crippen molar-refractivity contribution in [3.8, 4) is 34.3 Å². The zero-order valence-electron chi connectivity index (χ0n) is 21.7. The molecule has 0 aliphatic rings. The predicted molar refractivity (Wildman–Crippen MR) is 146 cm³/mol. The topological polar surface area (TPSA) is 135 Å². The van der Waals surface area contributed by atoms with E-state index in [1.807, 2.05) is 13.0 Å². The zero-order valence-corrected chi connectivity index (χ0v) is 21.7. The summed E-state index contributed by atoms with van der Waals surface area (Å²) in [5, 5.41) is 32.5. The molecule has 1 aromatic heterocycles. The second-order valence-electron chi connectivity index (χ2n) is 8.17. The molecule has 1 amide bonds. The second-order valence-corrected chi connectivity index (χ2v) is 8.17. The molecule has 0 bridgehead atoms. The Morgan fingerprint density at radius 3 is 2.53 bits per heavy atom. The van der Waals surface area contributed by atoms with Crippen LogP contribution in [0.3, 0.4) is 0 Å². The van der Waals surface area contributed by atoms with Gasteiger partial charge in [-0.25, -0.2) is 4.98 Å². The summed E-state index contributed by atoms with van der Waals surface area (Å²) in [4.78, 5) is 16.7. The monoisotopic (exact) mass is 520 g/mol. The van der Waals surface area contributed by atoms with E-state index in [-0.39, 0.29) is 36.3 Å². The first kappa shape index (κ1) is 28.0. The summed E-state index contributed by atoms with van der Waals surface area (Å²) in [6, 6.07) is 13.9. The number of methoxy groups -OCH3 is 2. The van der Waals surface area contributed by atoms with Crippen LogP contribution in [-0.2, 0) is 11.2 Å². The van der Waals surface area contributed by atoms with E-state index in [9.17, 15) is 15.0 Å². The number of carbonyl (C=O) groups excluding carboxylic acids is 1. The molecular formula is C28H32N4O6. The van der Waals surface area contributed by atoms with Gasteiger partial charge in [0.05, 0.1) is 32.0 Å². The minimum Gasteiger partial charge on any atom is -0.506 e. The normalized spacial score (nSPS) is 11.1. The van der Waals surface area contributed by atoms with Crippen molar-refractivity contribution >= 4 is 18.5 Å². The van der Waals surface area contributed by atoms with Crippen LogP contribution in [0, 0.1) is 0 Å². The number of aromatic hydroxyl groups is 2. The number of hydrogen-bond acceptors (Lipinski definition) is 9. The van der Waals surface area contributed by atoms with E-state index in [1.165, 1.54) is 14.2 Å². The van der Waals surface area contributed by atoms with Crippen LogP contribution < -0.4 is 14.8 Å². The number of nitrogens with zero attached hydrogens (tertiary/aromatic N) is 3. The average Bonchev–Trinajstić information content (AvgIpc) is 2.94. The molecule has 200 valence electrons. The number of benzene rings is 2. The Morgan fingerprint density at radius 2 is 1.87 bits per heavy atom. The highest BCUT2D eigenvalue weighted by Gasteiger charge is 2.27. The van der Waals surface area contributed by atoms with Gasteiger partial charge >= 0.3 is 0 Å². The highest BCUT2D eigenvalue weighted by atomic mass is 16.5. The third-order valence-electron chi connectivity index (χ3n) is 5.71. The minimum atomic E-state index is -0.477. The fourth-order valence-electron chi connectivity index (χ4n) is 3.84. The van der Waals surface area contributed by atoms with Crippen LogP contribution in [0.15, 0.2) is 58.7 Å². The largest absolute Gasteiger partial charge is 0.506 e. The summed E-state index contributed by atoms with van der Waals surface area (Å²) in [6.07, 6.45) is 2.15. The van der Waals surface area contributed by atoms with Crippen LogP contribution >= 0.6 is 0 Å². The summed E-state index contributed by atoms with van der Waals surface area (Å²) in [5.74, 6) is -0.248. The molecule has 0 atom stereocenters. The number of rotatable bonds is 12. The Morgan fingerprint density at radius 1 is 1.11 bits per heavy atom. The van der Waals surface area contributed by atoms with Crippen molar-refractivity contribution in [2.75, 3.05) is 27.4 Å². The SMILES string of the molecule is C=N/N=C(\OCCNC(=O)c1ccccc1)c1c(O)nc(CCCC)c(-c2cc(OC)ccc2OC)c1O. The first-order valence-electron chi connectivity index (χ1n) is 12.1. The minimum absolute atomic E-state index is 0.0266. The molecule has 1 heterocycles. The third-order valence-corrected chi connectivity index (χ3v) is 5.71. The molecule has 0 aliphatic carbocycles. The van der Waals surface area contributed by atoms with Gasteiger partial charge in [-0.15, -0.1) is 5.10 Å². The number of amides is 1. The van der Waals surface area contributed by atoms with E-state index in [2.05, 4.69) is 27.2 Å². The van der Waals surface area contributed by atoms with Crippen LogP contribution in [0.1, 0.15) is 41.4 Å². The van der Waals surface area contributed by atoms with Gasteiger partial charge in [0, 0.05) is 17.8 Å². The van der Waals surface area contributed by atoms with Crippen LogP contribution in [0.2, 0.25) is 0 Å². The maximum absolute atomic E-state index is 12.3. The number of hydrogen-bond donors (Lipinski definition) is 3. The van der Waals surface area contributed by atoms with E-state index < -0.39 is 5.88 Å². The Hall–Kier alpha value is -4.60. The van der Waals surface area contributed by atoms with Crippen LogP contribution in [0.25, 0.3) is 11.1 Å². The molecule has 3 aromatic rings. The van der Waals surface area contributed by atoms with Gasteiger partial charge < -0.3 is 29.7 Å². The van der Waals surface area contributed by atoms with Crippen molar-refractivity contribution in [2.24, 2.45) is 10.2 Å². The van der Waals surface area contributed by atoms with Crippen molar-refractivity contribution in [3.05, 3.63) is 65.4 Å². The molecule has 3 N–H and O–H groups in total. The molecule has 0 fully saturated rings.